The van der Waals surface area contributed by atoms with Crippen molar-refractivity contribution >= 4 is 35.1 Å². The Morgan fingerprint density at radius 2 is 2.04 bits per heavy atom. The van der Waals surface area contributed by atoms with Gasteiger partial charge in [-0.15, -0.1) is 0 Å². The summed E-state index contributed by atoms with van der Waals surface area (Å²) in [6.07, 6.45) is -0.806. The Bertz CT molecular complexity index is 857. The van der Waals surface area contributed by atoms with Gasteiger partial charge in [0.15, 0.2) is 6.10 Å². The third kappa shape index (κ3) is 4.78. The summed E-state index contributed by atoms with van der Waals surface area (Å²) < 4.78 is 10.6. The number of carbonyl (C=O) groups is 2. The third-order valence-electron chi connectivity index (χ3n) is 3.57. The van der Waals surface area contributed by atoms with E-state index in [1.54, 1.807) is 24.3 Å². The second kappa shape index (κ2) is 8.75. The van der Waals surface area contributed by atoms with E-state index in [2.05, 4.69) is 0 Å². The lowest BCUT2D eigenvalue weighted by molar-refractivity contribution is -0.138. The number of hydrogen-bond donors (Lipinski definition) is 0. The molecule has 136 valence electrons. The quantitative estimate of drug-likeness (QED) is 0.686. The number of ether oxygens (including phenoxy) is 1. The van der Waals surface area contributed by atoms with Gasteiger partial charge in [0.1, 0.15) is 5.76 Å². The number of carbonyl (C=O) groups excluding carboxylic acids is 2. The standard InChI is InChI=1S/C18H16Cl2N2O4/c1-11(17(23)22(2)9-3-8-21)25-18(24)16-7-6-15(26-16)13-10-12(19)4-5-14(13)20/h4-7,10-11H,3,9H2,1-2H3/t11-/m0/s1. The first kappa shape index (κ1) is 19.8. The van der Waals surface area contributed by atoms with Crippen molar-refractivity contribution in [1.82, 2.24) is 4.90 Å². The van der Waals surface area contributed by atoms with Crippen LogP contribution in [0.15, 0.2) is 34.7 Å². The predicted octanol–water partition coefficient (Wildman–Crippen LogP) is 4.17. The molecule has 0 aliphatic rings. The van der Waals surface area contributed by atoms with E-state index in [0.717, 1.165) is 0 Å². The van der Waals surface area contributed by atoms with Crippen molar-refractivity contribution in [1.29, 1.82) is 5.26 Å². The van der Waals surface area contributed by atoms with E-state index >= 15 is 0 Å². The first-order valence-corrected chi connectivity index (χ1v) is 8.47. The highest BCUT2D eigenvalue weighted by atomic mass is 35.5. The van der Waals surface area contributed by atoms with Crippen molar-refractivity contribution in [3.63, 3.8) is 0 Å². The number of esters is 1. The minimum atomic E-state index is -1.01. The van der Waals surface area contributed by atoms with Crippen LogP contribution >= 0.6 is 23.2 Å². The SMILES string of the molecule is C[C@H](OC(=O)c1ccc(-c2cc(Cl)ccc2Cl)o1)C(=O)N(C)CCC#N. The van der Waals surface area contributed by atoms with Crippen LogP contribution in [0.25, 0.3) is 11.3 Å². The van der Waals surface area contributed by atoms with E-state index in [1.165, 1.54) is 24.9 Å². The molecule has 1 aromatic carbocycles. The minimum Gasteiger partial charge on any atom is -0.449 e. The van der Waals surface area contributed by atoms with E-state index in [-0.39, 0.29) is 18.7 Å². The number of halogens is 2. The largest absolute Gasteiger partial charge is 0.449 e. The number of furan rings is 1. The molecule has 2 rings (SSSR count). The molecule has 1 amide bonds. The molecular weight excluding hydrogens is 379 g/mol. The maximum atomic E-state index is 12.2. The summed E-state index contributed by atoms with van der Waals surface area (Å²) in [6.45, 7) is 1.72. The normalized spacial score (nSPS) is 11.5. The van der Waals surface area contributed by atoms with Crippen molar-refractivity contribution in [2.75, 3.05) is 13.6 Å². The highest BCUT2D eigenvalue weighted by molar-refractivity contribution is 6.35. The molecule has 0 saturated heterocycles. The fourth-order valence-corrected chi connectivity index (χ4v) is 2.57. The zero-order chi connectivity index (χ0) is 19.3. The molecule has 0 fully saturated rings. The van der Waals surface area contributed by atoms with Crippen LogP contribution in [0.3, 0.4) is 0 Å². The summed E-state index contributed by atoms with van der Waals surface area (Å²) in [4.78, 5) is 25.6. The van der Waals surface area contributed by atoms with Crippen LogP contribution in [0, 0.1) is 11.3 Å². The van der Waals surface area contributed by atoms with E-state index < -0.39 is 18.0 Å². The average Bonchev–Trinajstić information content (AvgIpc) is 3.10. The molecule has 1 heterocycles. The number of likely N-dealkylation sites (N-methyl/N-ethyl adjacent to an activating group) is 1. The summed E-state index contributed by atoms with van der Waals surface area (Å²) in [5, 5.41) is 9.46. The van der Waals surface area contributed by atoms with Gasteiger partial charge in [-0.1, -0.05) is 23.2 Å². The molecular formula is C18H16Cl2N2O4. The molecule has 8 heteroatoms. The Morgan fingerprint density at radius 3 is 2.73 bits per heavy atom. The molecule has 0 N–H and O–H groups in total. The first-order valence-electron chi connectivity index (χ1n) is 7.71. The molecule has 0 radical (unpaired) electrons. The topological polar surface area (TPSA) is 83.5 Å². The van der Waals surface area contributed by atoms with Crippen LogP contribution in [-0.2, 0) is 9.53 Å². The van der Waals surface area contributed by atoms with Crippen molar-refractivity contribution in [2.24, 2.45) is 0 Å². The number of benzene rings is 1. The fourth-order valence-electron chi connectivity index (χ4n) is 2.19. The van der Waals surface area contributed by atoms with Crippen LogP contribution in [0.2, 0.25) is 10.0 Å². The van der Waals surface area contributed by atoms with Crippen molar-refractivity contribution in [3.05, 3.63) is 46.1 Å². The van der Waals surface area contributed by atoms with Crippen LogP contribution in [-0.4, -0.2) is 36.5 Å². The zero-order valence-corrected chi connectivity index (χ0v) is 15.7. The van der Waals surface area contributed by atoms with E-state index in [1.807, 2.05) is 6.07 Å². The average molecular weight is 395 g/mol. The van der Waals surface area contributed by atoms with Gasteiger partial charge in [0.2, 0.25) is 5.76 Å². The zero-order valence-electron chi connectivity index (χ0n) is 14.2. The van der Waals surface area contributed by atoms with E-state index in [9.17, 15) is 9.59 Å². The molecule has 26 heavy (non-hydrogen) atoms. The number of hydrogen-bond acceptors (Lipinski definition) is 5. The van der Waals surface area contributed by atoms with Gasteiger partial charge in [0, 0.05) is 24.2 Å². The van der Waals surface area contributed by atoms with Gasteiger partial charge < -0.3 is 14.1 Å². The molecule has 1 aromatic heterocycles. The lowest BCUT2D eigenvalue weighted by atomic mass is 10.2. The number of rotatable bonds is 6. The van der Waals surface area contributed by atoms with E-state index in [0.29, 0.717) is 21.4 Å². The molecule has 0 spiro atoms. The summed E-state index contributed by atoms with van der Waals surface area (Å²) in [5.41, 5.74) is 0.540. The number of nitriles is 1. The fraction of sp³-hybridized carbons (Fsp3) is 0.278. The Balaban J connectivity index is 2.07. The monoisotopic (exact) mass is 394 g/mol. The summed E-state index contributed by atoms with van der Waals surface area (Å²) in [6, 6.07) is 9.84. The molecule has 1 atom stereocenters. The Morgan fingerprint density at radius 1 is 1.31 bits per heavy atom. The minimum absolute atomic E-state index is 0.0598. The molecule has 6 nitrogen and oxygen atoms in total. The lowest BCUT2D eigenvalue weighted by Gasteiger charge is -2.20. The maximum absolute atomic E-state index is 12.2. The summed E-state index contributed by atoms with van der Waals surface area (Å²) in [7, 11) is 1.54. The number of nitrogens with zero attached hydrogens (tertiary/aromatic N) is 2. The molecule has 0 bridgehead atoms. The molecule has 0 unspecified atom stereocenters. The molecule has 0 saturated carbocycles. The van der Waals surface area contributed by atoms with Gasteiger partial charge in [-0.05, 0) is 37.3 Å². The lowest BCUT2D eigenvalue weighted by Crippen LogP contribution is -2.37. The van der Waals surface area contributed by atoms with Gasteiger partial charge in [0.05, 0.1) is 17.5 Å². The maximum Gasteiger partial charge on any atom is 0.375 e. The Labute approximate surface area is 160 Å². The van der Waals surface area contributed by atoms with Gasteiger partial charge >= 0.3 is 5.97 Å². The van der Waals surface area contributed by atoms with Gasteiger partial charge in [-0.25, -0.2) is 4.79 Å². The highest BCUT2D eigenvalue weighted by Gasteiger charge is 2.24. The highest BCUT2D eigenvalue weighted by Crippen LogP contribution is 2.32. The van der Waals surface area contributed by atoms with Crippen molar-refractivity contribution < 1.29 is 18.7 Å². The number of amides is 1. The second-order valence-corrected chi connectivity index (χ2v) is 6.35. The van der Waals surface area contributed by atoms with Gasteiger partial charge in [-0.3, -0.25) is 4.79 Å². The van der Waals surface area contributed by atoms with Gasteiger partial charge in [0.25, 0.3) is 5.91 Å². The van der Waals surface area contributed by atoms with E-state index in [4.69, 9.17) is 37.6 Å². The summed E-state index contributed by atoms with van der Waals surface area (Å²) >= 11 is 12.1. The van der Waals surface area contributed by atoms with Crippen LogP contribution in [0.5, 0.6) is 0 Å². The van der Waals surface area contributed by atoms with Crippen LogP contribution in [0.1, 0.15) is 23.9 Å². The van der Waals surface area contributed by atoms with Crippen LogP contribution < -0.4 is 0 Å². The molecule has 2 aromatic rings. The van der Waals surface area contributed by atoms with Gasteiger partial charge in [-0.2, -0.15) is 5.26 Å². The third-order valence-corrected chi connectivity index (χ3v) is 4.13. The second-order valence-electron chi connectivity index (χ2n) is 5.50. The van der Waals surface area contributed by atoms with Crippen molar-refractivity contribution in [2.45, 2.75) is 19.4 Å². The van der Waals surface area contributed by atoms with Crippen LogP contribution in [0.4, 0.5) is 0 Å². The molecule has 0 aliphatic heterocycles. The Hall–Kier alpha value is -2.49. The summed E-state index contributed by atoms with van der Waals surface area (Å²) in [5.74, 6) is -0.882. The smallest absolute Gasteiger partial charge is 0.375 e. The predicted molar refractivity (Wildman–Crippen MR) is 96.9 cm³/mol. The first-order chi connectivity index (χ1) is 12.3. The Kier molecular flexibility index (Phi) is 6.67. The molecule has 0 aliphatic carbocycles. The van der Waals surface area contributed by atoms with Crippen molar-refractivity contribution in [3.8, 4) is 17.4 Å².